The van der Waals surface area contributed by atoms with Crippen molar-refractivity contribution in [2.24, 2.45) is 35.5 Å². The van der Waals surface area contributed by atoms with Gasteiger partial charge in [0.25, 0.3) is 0 Å². The number of aliphatic carboxylic acids is 1. The van der Waals surface area contributed by atoms with Gasteiger partial charge in [-0.05, 0) is 74.5 Å². The molecule has 0 spiro atoms. The molecule has 1 unspecified atom stereocenters. The van der Waals surface area contributed by atoms with Crippen LogP contribution in [0, 0.1) is 35.5 Å². The molecular formula is C15H22O3. The minimum atomic E-state index is -1.40. The van der Waals surface area contributed by atoms with E-state index in [1.54, 1.807) is 0 Å². The molecule has 0 saturated heterocycles. The van der Waals surface area contributed by atoms with Gasteiger partial charge in [0.05, 0.1) is 0 Å². The average molecular weight is 250 g/mol. The number of aliphatic hydroxyl groups is 1. The summed E-state index contributed by atoms with van der Waals surface area (Å²) >= 11 is 0. The molecule has 5 aliphatic carbocycles. The Morgan fingerprint density at radius 2 is 1.44 bits per heavy atom. The minimum Gasteiger partial charge on any atom is -0.479 e. The molecule has 1 atom stereocenters. The second-order valence-corrected chi connectivity index (χ2v) is 7.36. The predicted octanol–water partition coefficient (Wildman–Crippen LogP) is 2.28. The highest BCUT2D eigenvalue weighted by atomic mass is 16.4. The zero-order valence-electron chi connectivity index (χ0n) is 10.7. The van der Waals surface area contributed by atoms with E-state index < -0.39 is 11.6 Å². The Kier molecular flexibility index (Phi) is 2.19. The summed E-state index contributed by atoms with van der Waals surface area (Å²) in [6.45, 7) is 0. The first-order chi connectivity index (χ1) is 8.59. The van der Waals surface area contributed by atoms with Crippen molar-refractivity contribution in [1.82, 2.24) is 0 Å². The third-order valence-corrected chi connectivity index (χ3v) is 6.28. The lowest BCUT2D eigenvalue weighted by molar-refractivity contribution is -0.191. The van der Waals surface area contributed by atoms with Crippen molar-refractivity contribution in [3.8, 4) is 0 Å². The molecule has 5 saturated carbocycles. The summed E-state index contributed by atoms with van der Waals surface area (Å²) in [4.78, 5) is 11.7. The molecule has 2 N–H and O–H groups in total. The van der Waals surface area contributed by atoms with Crippen LogP contribution in [0.2, 0.25) is 0 Å². The summed E-state index contributed by atoms with van der Waals surface area (Å²) < 4.78 is 0. The lowest BCUT2D eigenvalue weighted by Gasteiger charge is -2.57. The van der Waals surface area contributed by atoms with E-state index in [4.69, 9.17) is 0 Å². The highest BCUT2D eigenvalue weighted by Gasteiger charge is 2.63. The molecule has 4 bridgehead atoms. The van der Waals surface area contributed by atoms with Gasteiger partial charge in [0.15, 0.2) is 5.60 Å². The fourth-order valence-corrected chi connectivity index (χ4v) is 5.76. The van der Waals surface area contributed by atoms with Gasteiger partial charge in [-0.1, -0.05) is 0 Å². The van der Waals surface area contributed by atoms with E-state index in [1.807, 2.05) is 0 Å². The van der Waals surface area contributed by atoms with Crippen molar-refractivity contribution in [1.29, 1.82) is 0 Å². The predicted molar refractivity (Wildman–Crippen MR) is 65.8 cm³/mol. The molecule has 3 heteroatoms. The number of carbonyl (C=O) groups is 1. The molecule has 100 valence electrons. The zero-order valence-corrected chi connectivity index (χ0v) is 10.7. The lowest BCUT2D eigenvalue weighted by atomic mass is 9.48. The third-order valence-electron chi connectivity index (χ3n) is 6.28. The summed E-state index contributed by atoms with van der Waals surface area (Å²) in [6.07, 6.45) is 7.91. The maximum absolute atomic E-state index is 11.7. The summed E-state index contributed by atoms with van der Waals surface area (Å²) in [5.74, 6) is 1.79. The van der Waals surface area contributed by atoms with Gasteiger partial charge in [0, 0.05) is 5.92 Å². The van der Waals surface area contributed by atoms with Gasteiger partial charge >= 0.3 is 5.97 Å². The van der Waals surface area contributed by atoms with Gasteiger partial charge in [-0.25, -0.2) is 4.79 Å². The van der Waals surface area contributed by atoms with Gasteiger partial charge in [0.1, 0.15) is 0 Å². The quantitative estimate of drug-likeness (QED) is 0.808. The van der Waals surface area contributed by atoms with Crippen LogP contribution in [0.25, 0.3) is 0 Å². The first-order valence-corrected chi connectivity index (χ1v) is 7.54. The Morgan fingerprint density at radius 1 is 0.944 bits per heavy atom. The number of rotatable bonds is 3. The fourth-order valence-electron chi connectivity index (χ4n) is 5.76. The Labute approximate surface area is 108 Å². The second kappa shape index (κ2) is 3.50. The van der Waals surface area contributed by atoms with E-state index in [-0.39, 0.29) is 11.8 Å². The van der Waals surface area contributed by atoms with E-state index in [0.29, 0.717) is 11.8 Å². The summed E-state index contributed by atoms with van der Waals surface area (Å²) in [5.41, 5.74) is -1.40. The van der Waals surface area contributed by atoms with E-state index >= 15 is 0 Å². The van der Waals surface area contributed by atoms with E-state index in [1.165, 1.54) is 32.1 Å². The molecule has 0 aromatic carbocycles. The Balaban J connectivity index is 1.69. The summed E-state index contributed by atoms with van der Waals surface area (Å²) in [6, 6.07) is 0. The molecule has 3 nitrogen and oxygen atoms in total. The topological polar surface area (TPSA) is 57.5 Å². The van der Waals surface area contributed by atoms with Crippen LogP contribution >= 0.6 is 0 Å². The molecule has 0 heterocycles. The van der Waals surface area contributed by atoms with Crippen molar-refractivity contribution in [3.63, 3.8) is 0 Å². The molecule has 18 heavy (non-hydrogen) atoms. The zero-order chi connectivity index (χ0) is 12.5. The van der Waals surface area contributed by atoms with Crippen molar-refractivity contribution in [3.05, 3.63) is 0 Å². The van der Waals surface area contributed by atoms with Crippen molar-refractivity contribution in [2.45, 2.75) is 50.5 Å². The molecule has 0 radical (unpaired) electrons. The second-order valence-electron chi connectivity index (χ2n) is 7.36. The Bertz CT molecular complexity index is 359. The number of carboxylic acids is 1. The van der Waals surface area contributed by atoms with Crippen LogP contribution in [0.15, 0.2) is 0 Å². The maximum atomic E-state index is 11.7. The van der Waals surface area contributed by atoms with E-state index in [9.17, 15) is 15.0 Å². The van der Waals surface area contributed by atoms with Gasteiger partial charge in [-0.2, -0.15) is 0 Å². The lowest BCUT2D eigenvalue weighted by Crippen LogP contribution is -2.59. The average Bonchev–Trinajstić information content (AvgIpc) is 3.10. The van der Waals surface area contributed by atoms with Crippen LogP contribution in [0.3, 0.4) is 0 Å². The molecule has 0 amide bonds. The molecular weight excluding hydrogens is 228 g/mol. The normalized spacial score (nSPS) is 49.1. The van der Waals surface area contributed by atoms with E-state index in [0.717, 1.165) is 24.7 Å². The SMILES string of the molecule is O=C(O)C(O)(C1CC1)C1C2CC3CC(C2)CC1C3. The fraction of sp³-hybridized carbons (Fsp3) is 0.933. The Hall–Kier alpha value is -0.570. The first kappa shape index (κ1) is 11.3. The maximum Gasteiger partial charge on any atom is 0.336 e. The van der Waals surface area contributed by atoms with Crippen molar-refractivity contribution >= 4 is 5.97 Å². The molecule has 0 aromatic rings. The highest BCUT2D eigenvalue weighted by Crippen LogP contribution is 2.62. The smallest absolute Gasteiger partial charge is 0.336 e. The summed E-state index contributed by atoms with van der Waals surface area (Å²) in [7, 11) is 0. The highest BCUT2D eigenvalue weighted by molar-refractivity contribution is 5.78. The van der Waals surface area contributed by atoms with Crippen LogP contribution < -0.4 is 0 Å². The van der Waals surface area contributed by atoms with Gasteiger partial charge in [-0.15, -0.1) is 0 Å². The minimum absolute atomic E-state index is 0.0394. The molecule has 5 rings (SSSR count). The van der Waals surface area contributed by atoms with Crippen LogP contribution in [-0.4, -0.2) is 21.8 Å². The molecule has 5 aliphatic rings. The first-order valence-electron chi connectivity index (χ1n) is 7.54. The monoisotopic (exact) mass is 250 g/mol. The number of carboxylic acid groups (broad SMARTS) is 1. The largest absolute Gasteiger partial charge is 0.479 e. The molecule has 0 aromatic heterocycles. The Morgan fingerprint density at radius 3 is 1.83 bits per heavy atom. The summed E-state index contributed by atoms with van der Waals surface area (Å²) in [5, 5.41) is 20.4. The van der Waals surface area contributed by atoms with Crippen LogP contribution in [-0.2, 0) is 4.79 Å². The number of hydrogen-bond acceptors (Lipinski definition) is 2. The number of hydrogen-bond donors (Lipinski definition) is 2. The molecule has 0 aliphatic heterocycles. The van der Waals surface area contributed by atoms with Gasteiger partial charge in [-0.3, -0.25) is 0 Å². The van der Waals surface area contributed by atoms with Crippen molar-refractivity contribution < 1.29 is 15.0 Å². The standard InChI is InChI=1S/C15H22O3/c16-14(17)15(18,12-1-2-12)13-10-4-8-3-9(6-10)7-11(13)5-8/h8-13,18H,1-7H2,(H,16,17). The van der Waals surface area contributed by atoms with Gasteiger partial charge in [0.2, 0.25) is 0 Å². The molecule has 5 fully saturated rings. The van der Waals surface area contributed by atoms with Crippen molar-refractivity contribution in [2.75, 3.05) is 0 Å². The van der Waals surface area contributed by atoms with Crippen LogP contribution in [0.5, 0.6) is 0 Å². The van der Waals surface area contributed by atoms with Gasteiger partial charge < -0.3 is 10.2 Å². The third kappa shape index (κ3) is 1.37. The van der Waals surface area contributed by atoms with Crippen LogP contribution in [0.1, 0.15) is 44.9 Å². The van der Waals surface area contributed by atoms with E-state index in [2.05, 4.69) is 0 Å². The van der Waals surface area contributed by atoms with Crippen LogP contribution in [0.4, 0.5) is 0 Å².